The van der Waals surface area contributed by atoms with Crippen LogP contribution in [0, 0.1) is 13.8 Å². The summed E-state index contributed by atoms with van der Waals surface area (Å²) in [5.41, 5.74) is 6.31. The Morgan fingerprint density at radius 3 is 2.34 bits per heavy atom. The number of benzene rings is 2. The third kappa shape index (κ3) is 3.76. The summed E-state index contributed by atoms with van der Waals surface area (Å²) >= 11 is 0. The number of fused-ring (bicyclic) bond motifs is 1. The highest BCUT2D eigenvalue weighted by atomic mass is 16.5. The summed E-state index contributed by atoms with van der Waals surface area (Å²) in [5.74, 6) is 1.60. The topological polar surface area (TPSA) is 68.1 Å². The maximum Gasteiger partial charge on any atom is 0.155 e. The summed E-state index contributed by atoms with van der Waals surface area (Å²) in [6.45, 7) is 4.00. The molecule has 0 aliphatic heterocycles. The normalized spacial score (nSPS) is 10.9. The Kier molecular flexibility index (Phi) is 5.00. The van der Waals surface area contributed by atoms with E-state index >= 15 is 0 Å². The van der Waals surface area contributed by atoms with Crippen LogP contribution in [0.4, 0.5) is 0 Å². The predicted octanol–water partition coefficient (Wildman–Crippen LogP) is 6.47. The molecule has 0 amide bonds. The molecule has 0 atom stereocenters. The number of rotatable bonds is 4. The lowest BCUT2D eigenvalue weighted by molar-refractivity contribution is 0.475. The molecule has 5 nitrogen and oxygen atoms in total. The van der Waals surface area contributed by atoms with Crippen LogP contribution >= 0.6 is 0 Å². The standard InChI is InChI=1S/C27H21N3O2/c1-17-15-26(27(30-18(17)2)23-5-3-4-13-28-23)32-25-12-14-29-24-16-20(8-11-22(24)25)19-6-9-21(31)10-7-19/h3-16,31H,1-2H3. The van der Waals surface area contributed by atoms with Gasteiger partial charge in [0, 0.05) is 23.5 Å². The van der Waals surface area contributed by atoms with Gasteiger partial charge in [-0.2, -0.15) is 0 Å². The van der Waals surface area contributed by atoms with E-state index < -0.39 is 0 Å². The van der Waals surface area contributed by atoms with Gasteiger partial charge in [0.15, 0.2) is 5.75 Å². The lowest BCUT2D eigenvalue weighted by atomic mass is 10.0. The van der Waals surface area contributed by atoms with E-state index in [0.29, 0.717) is 17.2 Å². The van der Waals surface area contributed by atoms with Gasteiger partial charge in [-0.25, -0.2) is 4.98 Å². The molecule has 0 unspecified atom stereocenters. The molecule has 0 bridgehead atoms. The van der Waals surface area contributed by atoms with E-state index in [1.807, 2.05) is 74.5 Å². The molecule has 0 aliphatic carbocycles. The predicted molar refractivity (Wildman–Crippen MR) is 126 cm³/mol. The largest absolute Gasteiger partial charge is 0.508 e. The van der Waals surface area contributed by atoms with Crippen molar-refractivity contribution >= 4 is 10.9 Å². The Morgan fingerprint density at radius 1 is 0.750 bits per heavy atom. The number of pyridine rings is 3. The maximum absolute atomic E-state index is 9.55. The van der Waals surface area contributed by atoms with Crippen molar-refractivity contribution in [2.24, 2.45) is 0 Å². The first-order chi connectivity index (χ1) is 15.6. The summed E-state index contributed by atoms with van der Waals surface area (Å²) in [7, 11) is 0. The Hall–Kier alpha value is -4.25. The van der Waals surface area contributed by atoms with E-state index in [0.717, 1.165) is 39.0 Å². The van der Waals surface area contributed by atoms with Gasteiger partial charge < -0.3 is 9.84 Å². The number of phenolic OH excluding ortho intramolecular Hbond substituents is 1. The summed E-state index contributed by atoms with van der Waals surface area (Å²) in [4.78, 5) is 13.8. The number of aromatic nitrogens is 3. The zero-order valence-corrected chi connectivity index (χ0v) is 17.8. The highest BCUT2D eigenvalue weighted by Gasteiger charge is 2.15. The Balaban J connectivity index is 1.58. The fraction of sp³-hybridized carbons (Fsp3) is 0.0741. The molecule has 5 heteroatoms. The smallest absolute Gasteiger partial charge is 0.155 e. The van der Waals surface area contributed by atoms with E-state index in [4.69, 9.17) is 9.72 Å². The zero-order chi connectivity index (χ0) is 22.1. The van der Waals surface area contributed by atoms with E-state index in [1.165, 1.54) is 0 Å². The molecule has 0 radical (unpaired) electrons. The Bertz CT molecular complexity index is 1420. The van der Waals surface area contributed by atoms with E-state index in [-0.39, 0.29) is 5.75 Å². The van der Waals surface area contributed by atoms with Gasteiger partial charge in [0.05, 0.1) is 11.2 Å². The molecule has 0 saturated carbocycles. The molecular formula is C27H21N3O2. The van der Waals surface area contributed by atoms with Gasteiger partial charge in [0.25, 0.3) is 0 Å². The van der Waals surface area contributed by atoms with E-state index in [9.17, 15) is 5.11 Å². The summed E-state index contributed by atoms with van der Waals surface area (Å²) in [5, 5.41) is 10.5. The SMILES string of the molecule is Cc1cc(Oc2ccnc3cc(-c4ccc(O)cc4)ccc23)c(-c2ccccn2)nc1C. The van der Waals surface area contributed by atoms with E-state index in [2.05, 4.69) is 9.97 Å². The Morgan fingerprint density at radius 2 is 1.56 bits per heavy atom. The fourth-order valence-electron chi connectivity index (χ4n) is 3.61. The molecule has 5 aromatic rings. The highest BCUT2D eigenvalue weighted by Crippen LogP contribution is 2.36. The van der Waals surface area contributed by atoms with Gasteiger partial charge in [0.2, 0.25) is 0 Å². The van der Waals surface area contributed by atoms with Crippen molar-refractivity contribution in [3.63, 3.8) is 0 Å². The fourth-order valence-corrected chi connectivity index (χ4v) is 3.61. The van der Waals surface area contributed by atoms with Crippen molar-refractivity contribution in [1.82, 2.24) is 15.0 Å². The third-order valence-electron chi connectivity index (χ3n) is 5.46. The van der Waals surface area contributed by atoms with Crippen molar-refractivity contribution in [2.75, 3.05) is 0 Å². The third-order valence-corrected chi connectivity index (χ3v) is 5.46. The molecule has 2 aromatic carbocycles. The van der Waals surface area contributed by atoms with Crippen LogP contribution in [0.1, 0.15) is 11.3 Å². The summed E-state index contributed by atoms with van der Waals surface area (Å²) < 4.78 is 6.40. The molecular weight excluding hydrogens is 398 g/mol. The second-order valence-corrected chi connectivity index (χ2v) is 7.64. The van der Waals surface area contributed by atoms with Crippen LogP contribution < -0.4 is 4.74 Å². The lowest BCUT2D eigenvalue weighted by Crippen LogP contribution is -1.98. The second-order valence-electron chi connectivity index (χ2n) is 7.64. The van der Waals surface area contributed by atoms with Crippen molar-refractivity contribution in [1.29, 1.82) is 0 Å². The van der Waals surface area contributed by atoms with E-state index in [1.54, 1.807) is 24.5 Å². The van der Waals surface area contributed by atoms with Gasteiger partial charge in [-0.1, -0.05) is 24.3 Å². The van der Waals surface area contributed by atoms with Crippen LogP contribution in [-0.4, -0.2) is 20.1 Å². The summed E-state index contributed by atoms with van der Waals surface area (Å²) in [6, 6.07) is 22.8. The first-order valence-corrected chi connectivity index (χ1v) is 10.3. The van der Waals surface area contributed by atoms with Crippen molar-refractivity contribution < 1.29 is 9.84 Å². The van der Waals surface area contributed by atoms with Crippen LogP contribution in [0.15, 0.2) is 85.2 Å². The number of ether oxygens (including phenoxy) is 1. The zero-order valence-electron chi connectivity index (χ0n) is 17.8. The quantitative estimate of drug-likeness (QED) is 0.361. The minimum atomic E-state index is 0.245. The van der Waals surface area contributed by atoms with Crippen LogP contribution in [0.5, 0.6) is 17.2 Å². The second kappa shape index (κ2) is 8.12. The van der Waals surface area contributed by atoms with Gasteiger partial charge >= 0.3 is 0 Å². The average molecular weight is 419 g/mol. The molecule has 1 N–H and O–H groups in total. The van der Waals surface area contributed by atoms with Crippen molar-refractivity contribution in [3.8, 4) is 39.8 Å². The number of hydrogen-bond donors (Lipinski definition) is 1. The monoisotopic (exact) mass is 419 g/mol. The lowest BCUT2D eigenvalue weighted by Gasteiger charge is -2.14. The molecule has 5 rings (SSSR count). The van der Waals surface area contributed by atoms with Crippen molar-refractivity contribution in [2.45, 2.75) is 13.8 Å². The first kappa shape index (κ1) is 19.7. The van der Waals surface area contributed by atoms with Gasteiger partial charge in [-0.15, -0.1) is 0 Å². The van der Waals surface area contributed by atoms with Crippen LogP contribution in [0.3, 0.4) is 0 Å². The van der Waals surface area contributed by atoms with Gasteiger partial charge in [-0.05, 0) is 79.1 Å². The minimum absolute atomic E-state index is 0.245. The first-order valence-electron chi connectivity index (χ1n) is 10.3. The van der Waals surface area contributed by atoms with Crippen LogP contribution in [0.25, 0.3) is 33.4 Å². The molecule has 0 aliphatic rings. The number of phenols is 1. The van der Waals surface area contributed by atoms with Gasteiger partial charge in [0.1, 0.15) is 17.2 Å². The van der Waals surface area contributed by atoms with Crippen LogP contribution in [-0.2, 0) is 0 Å². The van der Waals surface area contributed by atoms with Crippen molar-refractivity contribution in [3.05, 3.63) is 96.4 Å². The molecule has 32 heavy (non-hydrogen) atoms. The Labute approximate surface area is 186 Å². The molecule has 0 fully saturated rings. The number of hydrogen-bond acceptors (Lipinski definition) is 5. The highest BCUT2D eigenvalue weighted by molar-refractivity contribution is 5.89. The van der Waals surface area contributed by atoms with Crippen LogP contribution in [0.2, 0.25) is 0 Å². The molecule has 3 heterocycles. The molecule has 0 spiro atoms. The average Bonchev–Trinajstić information content (AvgIpc) is 2.82. The van der Waals surface area contributed by atoms with Gasteiger partial charge in [-0.3, -0.25) is 9.97 Å². The number of nitrogens with zero attached hydrogens (tertiary/aromatic N) is 3. The number of aromatic hydroxyl groups is 1. The number of aryl methyl sites for hydroxylation is 2. The summed E-state index contributed by atoms with van der Waals surface area (Å²) in [6.07, 6.45) is 3.50. The molecule has 156 valence electrons. The minimum Gasteiger partial charge on any atom is -0.508 e. The molecule has 3 aromatic heterocycles. The maximum atomic E-state index is 9.55. The molecule has 0 saturated heterocycles.